The molecule has 0 radical (unpaired) electrons. The first-order chi connectivity index (χ1) is 17.3. The number of nitrogens with zero attached hydrogens (tertiary/aromatic N) is 1. The van der Waals surface area contributed by atoms with Crippen molar-refractivity contribution >= 4 is 16.8 Å². The van der Waals surface area contributed by atoms with E-state index in [0.29, 0.717) is 50.2 Å². The average molecular weight is 506 g/mol. The lowest BCUT2D eigenvalue weighted by atomic mass is 9.93. The second-order valence-corrected chi connectivity index (χ2v) is 10.3. The number of rotatable bonds is 6. The Hall–Kier alpha value is -3.91. The number of H-pyrrole nitrogens is 1. The van der Waals surface area contributed by atoms with E-state index >= 15 is 0 Å². The van der Waals surface area contributed by atoms with Crippen LogP contribution in [0.15, 0.2) is 47.4 Å². The van der Waals surface area contributed by atoms with Crippen LogP contribution in [0.2, 0.25) is 0 Å². The van der Waals surface area contributed by atoms with Gasteiger partial charge in [0.2, 0.25) is 0 Å². The minimum atomic E-state index is -1.15. The minimum absolute atomic E-state index is 0.0770. The molecular formula is C29H32FN3O4. The molecule has 0 fully saturated rings. The lowest BCUT2D eigenvalue weighted by Crippen LogP contribution is -2.30. The van der Waals surface area contributed by atoms with E-state index in [1.54, 1.807) is 65.2 Å². The van der Waals surface area contributed by atoms with Crippen molar-refractivity contribution in [1.29, 1.82) is 0 Å². The quantitative estimate of drug-likeness (QED) is 0.325. The number of amides is 1. The van der Waals surface area contributed by atoms with E-state index in [2.05, 4.69) is 10.3 Å². The van der Waals surface area contributed by atoms with Crippen LogP contribution < -0.4 is 15.6 Å². The van der Waals surface area contributed by atoms with Gasteiger partial charge in [0, 0.05) is 30.4 Å². The van der Waals surface area contributed by atoms with Gasteiger partial charge in [-0.2, -0.15) is 0 Å². The number of aliphatic hydroxyl groups is 1. The van der Waals surface area contributed by atoms with Gasteiger partial charge in [-0.15, -0.1) is 0 Å². The Morgan fingerprint density at radius 1 is 1.11 bits per heavy atom. The molecule has 2 aromatic heterocycles. The van der Waals surface area contributed by atoms with Crippen molar-refractivity contribution in [3.63, 3.8) is 0 Å². The molecule has 2 aromatic carbocycles. The number of carbonyl (C=O) groups excluding carboxylic acids is 1. The number of halogens is 1. The zero-order valence-corrected chi connectivity index (χ0v) is 22.1. The average Bonchev–Trinajstić information content (AvgIpc) is 3.24. The molecule has 0 aliphatic heterocycles. The Morgan fingerprint density at radius 2 is 1.76 bits per heavy atom. The molecule has 2 heterocycles. The number of nitrogens with one attached hydrogen (secondary N) is 2. The fraction of sp³-hybridized carbons (Fsp3) is 0.310. The van der Waals surface area contributed by atoms with Crippen LogP contribution in [0, 0.1) is 19.7 Å². The lowest BCUT2D eigenvalue weighted by molar-refractivity contribution is 0.0786. The highest BCUT2D eigenvalue weighted by molar-refractivity contribution is 6.02. The molecule has 4 aromatic rings. The monoisotopic (exact) mass is 505 g/mol. The number of pyridine rings is 1. The van der Waals surface area contributed by atoms with Gasteiger partial charge in [0.25, 0.3) is 11.5 Å². The number of benzene rings is 2. The van der Waals surface area contributed by atoms with Crippen LogP contribution in [0.4, 0.5) is 4.39 Å². The molecule has 1 amide bonds. The maximum Gasteiger partial charge on any atom is 0.267 e. The number of hydrogen-bond donors (Lipinski definition) is 3. The van der Waals surface area contributed by atoms with Crippen molar-refractivity contribution in [2.24, 2.45) is 7.05 Å². The molecule has 7 nitrogen and oxygen atoms in total. The molecule has 0 spiro atoms. The van der Waals surface area contributed by atoms with E-state index < -0.39 is 5.60 Å². The Labute approximate surface area is 214 Å². The third-order valence-electron chi connectivity index (χ3n) is 6.24. The van der Waals surface area contributed by atoms with Gasteiger partial charge in [-0.25, -0.2) is 4.39 Å². The first-order valence-corrected chi connectivity index (χ1v) is 12.1. The molecule has 0 bridgehead atoms. The smallest absolute Gasteiger partial charge is 0.267 e. The Kier molecular flexibility index (Phi) is 6.73. The Balaban J connectivity index is 1.99. The summed E-state index contributed by atoms with van der Waals surface area (Å²) in [6, 6.07) is 9.60. The van der Waals surface area contributed by atoms with Crippen LogP contribution in [-0.4, -0.2) is 26.6 Å². The fourth-order valence-electron chi connectivity index (χ4n) is 4.39. The summed E-state index contributed by atoms with van der Waals surface area (Å²) in [5.41, 5.74) is 2.44. The third-order valence-corrected chi connectivity index (χ3v) is 6.24. The summed E-state index contributed by atoms with van der Waals surface area (Å²) in [5, 5.41) is 13.9. The van der Waals surface area contributed by atoms with E-state index in [4.69, 9.17) is 4.74 Å². The summed E-state index contributed by atoms with van der Waals surface area (Å²) >= 11 is 0. The second kappa shape index (κ2) is 9.52. The number of fused-ring (bicyclic) bond motifs is 1. The van der Waals surface area contributed by atoms with Crippen LogP contribution in [0.5, 0.6) is 11.5 Å². The largest absolute Gasteiger partial charge is 0.456 e. The molecule has 4 rings (SSSR count). The number of hydrogen-bond acceptors (Lipinski definition) is 4. The molecule has 0 unspecified atom stereocenters. The molecule has 8 heteroatoms. The Morgan fingerprint density at radius 3 is 2.35 bits per heavy atom. The minimum Gasteiger partial charge on any atom is -0.456 e. The van der Waals surface area contributed by atoms with Gasteiger partial charge in [-0.3, -0.25) is 9.59 Å². The van der Waals surface area contributed by atoms with Gasteiger partial charge in [-0.1, -0.05) is 6.07 Å². The van der Waals surface area contributed by atoms with Crippen LogP contribution in [0.1, 0.15) is 54.9 Å². The van der Waals surface area contributed by atoms with Crippen LogP contribution in [0.25, 0.3) is 22.0 Å². The molecule has 0 aliphatic rings. The van der Waals surface area contributed by atoms with Crippen molar-refractivity contribution in [2.45, 2.75) is 53.2 Å². The second-order valence-electron chi connectivity index (χ2n) is 10.3. The van der Waals surface area contributed by atoms with Gasteiger partial charge < -0.3 is 24.7 Å². The van der Waals surface area contributed by atoms with Crippen molar-refractivity contribution in [1.82, 2.24) is 14.9 Å². The highest BCUT2D eigenvalue weighted by Crippen LogP contribution is 2.40. The van der Waals surface area contributed by atoms with Gasteiger partial charge in [0.15, 0.2) is 0 Å². The third kappa shape index (κ3) is 5.15. The zero-order valence-electron chi connectivity index (χ0n) is 22.1. The highest BCUT2D eigenvalue weighted by atomic mass is 19.1. The number of ether oxygens (including phenoxy) is 1. The van der Waals surface area contributed by atoms with E-state index in [-0.39, 0.29) is 29.0 Å². The van der Waals surface area contributed by atoms with Crippen LogP contribution in [-0.2, 0) is 12.6 Å². The first-order valence-electron chi connectivity index (χ1n) is 12.1. The maximum atomic E-state index is 13.9. The summed E-state index contributed by atoms with van der Waals surface area (Å²) in [6.07, 6.45) is 1.67. The maximum absolute atomic E-state index is 13.9. The summed E-state index contributed by atoms with van der Waals surface area (Å²) in [5.74, 6) is 0.300. The lowest BCUT2D eigenvalue weighted by Gasteiger charge is -2.22. The molecule has 0 saturated heterocycles. The first kappa shape index (κ1) is 26.2. The number of aromatic nitrogens is 2. The van der Waals surface area contributed by atoms with Gasteiger partial charge >= 0.3 is 0 Å². The number of carbonyl (C=O) groups is 1. The summed E-state index contributed by atoms with van der Waals surface area (Å²) in [4.78, 5) is 28.8. The van der Waals surface area contributed by atoms with Crippen molar-refractivity contribution in [3.05, 3.63) is 81.2 Å². The molecular weight excluding hydrogens is 473 g/mol. The highest BCUT2D eigenvalue weighted by Gasteiger charge is 2.23. The van der Waals surface area contributed by atoms with Crippen LogP contribution in [0.3, 0.4) is 0 Å². The van der Waals surface area contributed by atoms with Crippen LogP contribution >= 0.6 is 0 Å². The zero-order chi connectivity index (χ0) is 27.2. The van der Waals surface area contributed by atoms with Gasteiger partial charge in [-0.05, 0) is 88.6 Å². The predicted molar refractivity (Wildman–Crippen MR) is 143 cm³/mol. The van der Waals surface area contributed by atoms with Crippen molar-refractivity contribution < 1.29 is 19.0 Å². The summed E-state index contributed by atoms with van der Waals surface area (Å²) < 4.78 is 21.7. The summed E-state index contributed by atoms with van der Waals surface area (Å²) in [7, 11) is 1.64. The van der Waals surface area contributed by atoms with E-state index in [0.717, 1.165) is 0 Å². The SMILES string of the molecule is Cc1cc(F)cc(C)c1Oc1ccc(C(C)(C)O)cc1-c1cn(C)c(=O)c2cc(C(=O)NC(C)C)[nH]c12. The topological polar surface area (TPSA) is 96.3 Å². The molecule has 3 N–H and O–H groups in total. The van der Waals surface area contributed by atoms with Crippen molar-refractivity contribution in [3.8, 4) is 22.6 Å². The molecule has 0 saturated carbocycles. The van der Waals surface area contributed by atoms with E-state index in [1.165, 1.54) is 16.7 Å². The number of aromatic amines is 1. The standard InChI is InChI=1S/C29H32FN3O4/c1-15(2)31-27(34)23-13-21-25(32-23)22(14-33(7)28(21)35)20-12-18(29(5,6)36)8-9-24(20)37-26-16(3)10-19(30)11-17(26)4/h8-15,32,36H,1-7H3,(H,31,34). The molecule has 37 heavy (non-hydrogen) atoms. The molecule has 0 atom stereocenters. The fourth-order valence-corrected chi connectivity index (χ4v) is 4.39. The number of aryl methyl sites for hydroxylation is 3. The predicted octanol–water partition coefficient (Wildman–Crippen LogP) is 5.45. The van der Waals surface area contributed by atoms with Gasteiger partial charge in [0.1, 0.15) is 23.0 Å². The van der Waals surface area contributed by atoms with E-state index in [1.807, 2.05) is 13.8 Å². The normalized spacial score (nSPS) is 11.8. The molecule has 194 valence electrons. The Bertz CT molecular complexity index is 1550. The summed E-state index contributed by atoms with van der Waals surface area (Å²) in [6.45, 7) is 10.6. The molecule has 0 aliphatic carbocycles. The van der Waals surface area contributed by atoms with Gasteiger partial charge in [0.05, 0.1) is 16.5 Å². The van der Waals surface area contributed by atoms with Crippen molar-refractivity contribution in [2.75, 3.05) is 0 Å². The van der Waals surface area contributed by atoms with E-state index in [9.17, 15) is 19.1 Å².